The van der Waals surface area contributed by atoms with E-state index in [4.69, 9.17) is 0 Å². The maximum atomic E-state index is 13.4. The fourth-order valence-electron chi connectivity index (χ4n) is 1.51. The molecule has 0 saturated carbocycles. The normalized spacial score (nSPS) is 10.6. The smallest absolute Gasteiger partial charge is 0.196 e. The Morgan fingerprint density at radius 3 is 2.32 bits per heavy atom. The van der Waals surface area contributed by atoms with Gasteiger partial charge in [-0.1, -0.05) is 6.07 Å². The summed E-state index contributed by atoms with van der Waals surface area (Å²) in [7, 11) is 0. The summed E-state index contributed by atoms with van der Waals surface area (Å²) < 4.78 is 41.0. The summed E-state index contributed by atoms with van der Waals surface area (Å²) in [5, 5.41) is 2.73. The highest BCUT2D eigenvalue weighted by molar-refractivity contribution is 9.13. The van der Waals surface area contributed by atoms with Crippen molar-refractivity contribution in [2.24, 2.45) is 0 Å². The van der Waals surface area contributed by atoms with Crippen molar-refractivity contribution >= 4 is 37.5 Å². The molecule has 1 N–H and O–H groups in total. The van der Waals surface area contributed by atoms with Crippen molar-refractivity contribution < 1.29 is 13.2 Å². The summed E-state index contributed by atoms with van der Waals surface area (Å²) in [6.07, 6.45) is 0. The largest absolute Gasteiger partial charge is 0.379 e. The third-order valence-electron chi connectivity index (χ3n) is 2.50. The number of nitrogens with one attached hydrogen (secondary N) is 1. The highest BCUT2D eigenvalue weighted by Crippen LogP contribution is 2.25. The Bertz CT molecular complexity index is 617. The Labute approximate surface area is 125 Å². The number of anilines is 1. The SMILES string of the molecule is Fc1ccc(NCc2ccc(Br)c(Br)c2)c(F)c1F. The van der Waals surface area contributed by atoms with Crippen molar-refractivity contribution in [2.45, 2.75) is 6.54 Å². The molecule has 0 spiro atoms. The third-order valence-corrected chi connectivity index (χ3v) is 4.38. The van der Waals surface area contributed by atoms with Crippen LogP contribution in [0.5, 0.6) is 0 Å². The Balaban J connectivity index is 2.14. The molecule has 0 heterocycles. The fourth-order valence-corrected chi connectivity index (χ4v) is 2.18. The van der Waals surface area contributed by atoms with Crippen LogP contribution in [0.2, 0.25) is 0 Å². The zero-order chi connectivity index (χ0) is 14.0. The van der Waals surface area contributed by atoms with Gasteiger partial charge < -0.3 is 5.32 Å². The van der Waals surface area contributed by atoms with Crippen LogP contribution in [0.25, 0.3) is 0 Å². The monoisotopic (exact) mass is 393 g/mol. The Morgan fingerprint density at radius 1 is 0.895 bits per heavy atom. The van der Waals surface area contributed by atoms with Crippen molar-refractivity contribution in [3.63, 3.8) is 0 Å². The van der Waals surface area contributed by atoms with E-state index in [1.807, 2.05) is 18.2 Å². The molecule has 0 saturated heterocycles. The minimum atomic E-state index is -1.47. The van der Waals surface area contributed by atoms with Gasteiger partial charge in [-0.15, -0.1) is 0 Å². The first-order chi connectivity index (χ1) is 8.99. The number of benzene rings is 2. The van der Waals surface area contributed by atoms with Crippen LogP contribution in [0.4, 0.5) is 18.9 Å². The van der Waals surface area contributed by atoms with E-state index >= 15 is 0 Å². The first-order valence-corrected chi connectivity index (χ1v) is 6.89. The zero-order valence-electron chi connectivity index (χ0n) is 9.48. The summed E-state index contributed by atoms with van der Waals surface area (Å²) in [5.74, 6) is -3.88. The van der Waals surface area contributed by atoms with E-state index in [-0.39, 0.29) is 5.69 Å². The van der Waals surface area contributed by atoms with Crippen molar-refractivity contribution in [1.29, 1.82) is 0 Å². The van der Waals surface area contributed by atoms with Crippen LogP contribution < -0.4 is 5.32 Å². The molecule has 100 valence electrons. The molecule has 0 atom stereocenters. The Morgan fingerprint density at radius 2 is 1.63 bits per heavy atom. The minimum Gasteiger partial charge on any atom is -0.379 e. The molecule has 0 bridgehead atoms. The molecule has 1 nitrogen and oxygen atoms in total. The molecule has 0 aliphatic rings. The molecule has 2 aromatic rings. The van der Waals surface area contributed by atoms with E-state index in [2.05, 4.69) is 37.2 Å². The lowest BCUT2D eigenvalue weighted by molar-refractivity contribution is 0.449. The summed E-state index contributed by atoms with van der Waals surface area (Å²) in [5.41, 5.74) is 0.803. The molecule has 0 aliphatic heterocycles. The van der Waals surface area contributed by atoms with Gasteiger partial charge in [-0.2, -0.15) is 0 Å². The van der Waals surface area contributed by atoms with Gasteiger partial charge in [0, 0.05) is 15.5 Å². The quantitative estimate of drug-likeness (QED) is 0.702. The predicted molar refractivity (Wildman–Crippen MR) is 75.5 cm³/mol. The average Bonchev–Trinajstić information content (AvgIpc) is 2.39. The van der Waals surface area contributed by atoms with E-state index in [1.165, 1.54) is 6.07 Å². The molecule has 19 heavy (non-hydrogen) atoms. The van der Waals surface area contributed by atoms with Crippen molar-refractivity contribution in [3.8, 4) is 0 Å². The van der Waals surface area contributed by atoms with Crippen molar-refractivity contribution in [3.05, 3.63) is 62.3 Å². The second-order valence-corrected chi connectivity index (χ2v) is 5.53. The first kappa shape index (κ1) is 14.4. The van der Waals surface area contributed by atoms with Crippen LogP contribution in [0.1, 0.15) is 5.56 Å². The van der Waals surface area contributed by atoms with Crippen LogP contribution >= 0.6 is 31.9 Å². The van der Waals surface area contributed by atoms with Gasteiger partial charge in [0.1, 0.15) is 0 Å². The second-order valence-electron chi connectivity index (χ2n) is 3.82. The van der Waals surface area contributed by atoms with E-state index in [0.29, 0.717) is 6.54 Å². The van der Waals surface area contributed by atoms with Gasteiger partial charge >= 0.3 is 0 Å². The fraction of sp³-hybridized carbons (Fsp3) is 0.0769. The molecule has 0 aliphatic carbocycles. The average molecular weight is 395 g/mol. The molecule has 0 unspecified atom stereocenters. The van der Waals surface area contributed by atoms with Gasteiger partial charge in [0.25, 0.3) is 0 Å². The van der Waals surface area contributed by atoms with Gasteiger partial charge in [0.15, 0.2) is 17.5 Å². The lowest BCUT2D eigenvalue weighted by Crippen LogP contribution is -2.04. The summed E-state index contributed by atoms with van der Waals surface area (Å²) in [6, 6.07) is 7.57. The standard InChI is InChI=1S/C13H8Br2F3N/c14-8-2-1-7(5-9(8)15)6-19-11-4-3-10(16)12(17)13(11)18/h1-5,19H,6H2. The number of rotatable bonds is 3. The van der Waals surface area contributed by atoms with Crippen molar-refractivity contribution in [2.75, 3.05) is 5.32 Å². The maximum Gasteiger partial charge on any atom is 0.196 e. The Kier molecular flexibility index (Phi) is 4.52. The molecule has 2 aromatic carbocycles. The summed E-state index contributed by atoms with van der Waals surface area (Å²) >= 11 is 6.69. The molecule has 6 heteroatoms. The van der Waals surface area contributed by atoms with Gasteiger partial charge in [-0.3, -0.25) is 0 Å². The molecular weight excluding hydrogens is 387 g/mol. The number of halogens is 5. The third kappa shape index (κ3) is 3.30. The van der Waals surface area contributed by atoms with Crippen LogP contribution in [-0.4, -0.2) is 0 Å². The van der Waals surface area contributed by atoms with Crippen LogP contribution in [-0.2, 0) is 6.54 Å². The lowest BCUT2D eigenvalue weighted by atomic mass is 10.2. The van der Waals surface area contributed by atoms with Crippen LogP contribution in [0.15, 0.2) is 39.3 Å². The maximum absolute atomic E-state index is 13.4. The van der Waals surface area contributed by atoms with Gasteiger partial charge in [0.2, 0.25) is 0 Å². The summed E-state index contributed by atoms with van der Waals surface area (Å²) in [4.78, 5) is 0. The van der Waals surface area contributed by atoms with Gasteiger partial charge in [-0.05, 0) is 61.7 Å². The van der Waals surface area contributed by atoms with Crippen molar-refractivity contribution in [1.82, 2.24) is 0 Å². The molecule has 0 aromatic heterocycles. The van der Waals surface area contributed by atoms with E-state index in [9.17, 15) is 13.2 Å². The number of hydrogen-bond acceptors (Lipinski definition) is 1. The summed E-state index contributed by atoms with van der Waals surface area (Å²) in [6.45, 7) is 0.299. The number of hydrogen-bond donors (Lipinski definition) is 1. The van der Waals surface area contributed by atoms with E-state index in [1.54, 1.807) is 0 Å². The minimum absolute atomic E-state index is 0.0714. The predicted octanol–water partition coefficient (Wildman–Crippen LogP) is 5.24. The van der Waals surface area contributed by atoms with Gasteiger partial charge in [0.05, 0.1) is 5.69 Å². The topological polar surface area (TPSA) is 12.0 Å². The molecule has 0 amide bonds. The van der Waals surface area contributed by atoms with E-state index in [0.717, 1.165) is 20.6 Å². The first-order valence-electron chi connectivity index (χ1n) is 5.30. The highest BCUT2D eigenvalue weighted by Gasteiger charge is 2.12. The van der Waals surface area contributed by atoms with Gasteiger partial charge in [-0.25, -0.2) is 13.2 Å². The molecule has 0 radical (unpaired) electrons. The Hall–Kier alpha value is -1.01. The zero-order valence-corrected chi connectivity index (χ0v) is 12.7. The van der Waals surface area contributed by atoms with Crippen LogP contribution in [0, 0.1) is 17.5 Å². The molecule has 2 rings (SSSR count). The van der Waals surface area contributed by atoms with Crippen LogP contribution in [0.3, 0.4) is 0 Å². The molecule has 0 fully saturated rings. The lowest BCUT2D eigenvalue weighted by Gasteiger charge is -2.09. The highest BCUT2D eigenvalue weighted by atomic mass is 79.9. The second kappa shape index (κ2) is 5.96. The van der Waals surface area contributed by atoms with E-state index < -0.39 is 17.5 Å². The molecular formula is C13H8Br2F3N.